The number of para-hydroxylation sites is 2. The van der Waals surface area contributed by atoms with Gasteiger partial charge in [0.15, 0.2) is 11.4 Å². The van der Waals surface area contributed by atoms with Crippen LogP contribution in [0.2, 0.25) is 0 Å². The average molecular weight is 1040 g/mol. The number of benzene rings is 6. The molecule has 6 aromatic carbocycles. The Morgan fingerprint density at radius 2 is 0.590 bits per heavy atom. The molecule has 0 aliphatic carbocycles. The Bertz CT molecular complexity index is 3760. The Hall–Kier alpha value is -8.50. The van der Waals surface area contributed by atoms with E-state index in [1.54, 1.807) is 27.7 Å². The number of fused-ring (bicyclic) bond motifs is 4. The highest BCUT2D eigenvalue weighted by Gasteiger charge is 2.60. The van der Waals surface area contributed by atoms with Gasteiger partial charge in [-0.15, -0.1) is 26.7 Å². The molecule has 0 spiro atoms. The van der Waals surface area contributed by atoms with Crippen molar-refractivity contribution in [1.29, 1.82) is 0 Å². The van der Waals surface area contributed by atoms with Gasteiger partial charge in [-0.25, -0.2) is 9.13 Å². The number of hydrogen-bond donors (Lipinski definition) is 0. The fraction of sp³-hybridized carbons (Fsp3) is 0.206. The van der Waals surface area contributed by atoms with Crippen LogP contribution in [0.25, 0.3) is 22.3 Å². The molecule has 12 rings (SSSR count). The third kappa shape index (κ3) is 7.21. The van der Waals surface area contributed by atoms with Crippen molar-refractivity contribution in [2.24, 2.45) is 0 Å². The average Bonchev–Trinajstić information content (AvgIpc) is 3.72. The number of aromatic nitrogens is 2. The Labute approximate surface area is 454 Å². The number of halogens is 4. The van der Waals surface area contributed by atoms with Crippen LogP contribution < -0.4 is 9.80 Å². The molecular weight excluding hydrogens is 977 g/mol. The Morgan fingerprint density at radius 3 is 0.885 bits per heavy atom. The second kappa shape index (κ2) is 18.0. The van der Waals surface area contributed by atoms with Crippen molar-refractivity contribution in [2.75, 3.05) is 9.80 Å². The summed E-state index contributed by atoms with van der Waals surface area (Å²) >= 11 is 0. The van der Waals surface area contributed by atoms with E-state index >= 15 is 17.6 Å². The predicted octanol–water partition coefficient (Wildman–Crippen LogP) is 18.0. The van der Waals surface area contributed by atoms with Gasteiger partial charge in [0, 0.05) is 81.7 Å². The maximum absolute atomic E-state index is 16.7. The highest BCUT2D eigenvalue weighted by atomic mass is 19.3. The largest absolute Gasteiger partial charge is 0.565 e. The number of hydrogen-bond acceptors (Lipinski definition) is 2. The molecule has 0 radical (unpaired) electrons. The van der Waals surface area contributed by atoms with Crippen molar-refractivity contribution < 1.29 is 26.7 Å². The third-order valence-electron chi connectivity index (χ3n) is 17.5. The maximum atomic E-state index is 16.7. The van der Waals surface area contributed by atoms with E-state index in [1.165, 1.54) is 18.3 Å². The first kappa shape index (κ1) is 50.3. The molecule has 0 saturated heterocycles. The first-order valence-corrected chi connectivity index (χ1v) is 26.6. The van der Waals surface area contributed by atoms with Gasteiger partial charge in [-0.3, -0.25) is 0 Å². The van der Waals surface area contributed by atoms with E-state index in [2.05, 4.69) is 131 Å². The molecule has 8 aromatic rings. The summed E-state index contributed by atoms with van der Waals surface area (Å²) in [7, 11) is 0. The molecule has 0 atom stereocenters. The van der Waals surface area contributed by atoms with Crippen molar-refractivity contribution in [1.82, 2.24) is 9.13 Å². The number of alkyl halides is 4. The van der Waals surface area contributed by atoms with Gasteiger partial charge < -0.3 is 9.80 Å². The molecule has 6 heterocycles. The van der Waals surface area contributed by atoms with E-state index in [0.29, 0.717) is 45.6 Å². The first-order valence-electron chi connectivity index (χ1n) is 26.6. The second-order valence-electron chi connectivity index (χ2n) is 21.4. The van der Waals surface area contributed by atoms with Gasteiger partial charge >= 0.3 is 12.3 Å². The lowest BCUT2D eigenvalue weighted by molar-refractivity contribution is -0.676. The van der Waals surface area contributed by atoms with Crippen molar-refractivity contribution in [2.45, 2.75) is 95.4 Å². The smallest absolute Gasteiger partial charge is 0.311 e. The highest BCUT2D eigenvalue weighted by Crippen LogP contribution is 2.52. The van der Waals surface area contributed by atoms with E-state index in [1.807, 2.05) is 91.8 Å². The minimum absolute atomic E-state index is 0.558. The maximum Gasteiger partial charge on any atom is 0.565 e. The number of anilines is 6. The molecule has 390 valence electrons. The van der Waals surface area contributed by atoms with Crippen molar-refractivity contribution in [3.05, 3.63) is 248 Å². The molecule has 78 heavy (non-hydrogen) atoms. The fourth-order valence-electron chi connectivity index (χ4n) is 12.5. The van der Waals surface area contributed by atoms with Gasteiger partial charge in [0.25, 0.3) is 0 Å². The highest BCUT2D eigenvalue weighted by molar-refractivity contribution is 6.01. The van der Waals surface area contributed by atoms with Gasteiger partial charge in [0.2, 0.25) is 11.4 Å². The molecule has 6 nitrogen and oxygen atoms in total. The molecule has 0 N–H and O–H groups in total. The van der Waals surface area contributed by atoms with Gasteiger partial charge in [-0.2, -0.15) is 0 Å². The van der Waals surface area contributed by atoms with Crippen LogP contribution in [0.15, 0.2) is 191 Å². The number of rotatable bonds is 9. The van der Waals surface area contributed by atoms with Gasteiger partial charge in [-0.05, 0) is 187 Å². The summed E-state index contributed by atoms with van der Waals surface area (Å²) in [6.07, 6.45) is -6.53. The lowest BCUT2D eigenvalue weighted by Crippen LogP contribution is -2.43. The fourth-order valence-corrected chi connectivity index (χ4v) is 12.5. The predicted molar refractivity (Wildman–Crippen MR) is 310 cm³/mol. The first-order chi connectivity index (χ1) is 37.2. The van der Waals surface area contributed by atoms with Crippen molar-refractivity contribution >= 4 is 56.7 Å². The van der Waals surface area contributed by atoms with E-state index < -0.39 is 12.3 Å². The van der Waals surface area contributed by atoms with E-state index in [0.717, 1.165) is 112 Å². The molecule has 4 aliphatic rings. The molecular formula is C68H62F4N6+2. The van der Waals surface area contributed by atoms with Crippen LogP contribution in [-0.2, 0) is 12.3 Å². The summed E-state index contributed by atoms with van der Waals surface area (Å²) in [5, 5.41) is 0. The summed E-state index contributed by atoms with van der Waals surface area (Å²) in [6.45, 7) is 22.7. The van der Waals surface area contributed by atoms with Gasteiger partial charge in [0.1, 0.15) is 0 Å². The lowest BCUT2D eigenvalue weighted by Gasteiger charge is -2.28. The van der Waals surface area contributed by atoms with Crippen LogP contribution in [0.5, 0.6) is 0 Å². The third-order valence-corrected chi connectivity index (χ3v) is 17.5. The van der Waals surface area contributed by atoms with E-state index in [-0.39, 0.29) is 0 Å². The molecule has 2 aromatic heterocycles. The van der Waals surface area contributed by atoms with Crippen LogP contribution in [0, 0.1) is 41.5 Å². The number of allylic oxidation sites excluding steroid dienone is 4. The Morgan fingerprint density at radius 1 is 0.321 bits per heavy atom. The standard InChI is InChI=1S/C68H62F4N6/c1-39-43(5)63-61(64-44(6)40(2)48(10)76(64)67(69,70)75(63)47(39)9)53-27-35-59(36-28-53)73(55-19-15-13-16-20-55)57-31-23-51(24-32-57)52-25-33-58(34-26-52)74(56-21-17-14-18-22-56)60-37-29-54(30-38-60)62-65-45(7)41(3)49(11)77(65)68(71,72)78-50(12)42(4)46(8)66(62)78/h13-38H,1-12H3/q+2. The SMILES string of the molecule is CC1=C(C)C(C)=[N+]2C1=C(c1ccc(N(c3ccccc3)c3ccc(-c4ccc(N(c5ccccc5)c5ccc(C6=C7C(C)=C(C)C(C)=[N+]7C(F)(F)n7c(C)c(C)c(C)c76)cc5)cc4)cc3)cc1)c1c(C)c(C)c(C)n1C2(F)F. The van der Waals surface area contributed by atoms with Crippen LogP contribution in [0.4, 0.5) is 51.7 Å². The van der Waals surface area contributed by atoms with Crippen LogP contribution in [0.1, 0.15) is 97.7 Å². The molecule has 0 amide bonds. The molecule has 0 unspecified atom stereocenters. The normalized spacial score (nSPS) is 16.4. The van der Waals surface area contributed by atoms with Crippen molar-refractivity contribution in [3.63, 3.8) is 0 Å². The second-order valence-corrected chi connectivity index (χ2v) is 21.4. The molecule has 0 fully saturated rings. The molecule has 10 heteroatoms. The summed E-state index contributed by atoms with van der Waals surface area (Å²) in [5.74, 6) is 0. The molecule has 4 aliphatic heterocycles. The number of nitrogens with zero attached hydrogens (tertiary/aromatic N) is 6. The van der Waals surface area contributed by atoms with Crippen LogP contribution in [-0.4, -0.2) is 29.7 Å². The lowest BCUT2D eigenvalue weighted by atomic mass is 9.92. The van der Waals surface area contributed by atoms with Gasteiger partial charge in [0.05, 0.1) is 22.5 Å². The quantitative estimate of drug-likeness (QED) is 0.0817. The van der Waals surface area contributed by atoms with Crippen molar-refractivity contribution in [3.8, 4) is 11.1 Å². The minimum atomic E-state index is -3.27. The zero-order chi connectivity index (χ0) is 55.0. The summed E-state index contributed by atoms with van der Waals surface area (Å²) in [5.41, 5.74) is 22.6. The van der Waals surface area contributed by atoms with E-state index in [9.17, 15) is 0 Å². The van der Waals surface area contributed by atoms with Crippen LogP contribution >= 0.6 is 0 Å². The molecule has 0 saturated carbocycles. The zero-order valence-electron chi connectivity index (χ0n) is 46.2. The summed E-state index contributed by atoms with van der Waals surface area (Å²) in [6, 6.07) is 54.2. The minimum Gasteiger partial charge on any atom is -0.311 e. The van der Waals surface area contributed by atoms with E-state index in [4.69, 9.17) is 0 Å². The molecule has 0 bridgehead atoms. The van der Waals surface area contributed by atoms with Crippen LogP contribution in [0.3, 0.4) is 0 Å². The van der Waals surface area contributed by atoms with Gasteiger partial charge in [-0.1, -0.05) is 84.9 Å². The Balaban J connectivity index is 0.872. The summed E-state index contributed by atoms with van der Waals surface area (Å²) in [4.78, 5) is 4.43. The summed E-state index contributed by atoms with van der Waals surface area (Å²) < 4.78 is 71.8. The Kier molecular flexibility index (Phi) is 11.6. The monoisotopic (exact) mass is 1040 g/mol. The zero-order valence-corrected chi connectivity index (χ0v) is 46.2. The topological polar surface area (TPSA) is 22.4 Å².